The van der Waals surface area contributed by atoms with E-state index in [-0.39, 0.29) is 11.4 Å². The molecule has 19 heavy (non-hydrogen) atoms. The van der Waals surface area contributed by atoms with Crippen LogP contribution in [-0.2, 0) is 0 Å². The van der Waals surface area contributed by atoms with Crippen LogP contribution in [0.25, 0.3) is 11.3 Å². The van der Waals surface area contributed by atoms with Gasteiger partial charge in [0.15, 0.2) is 5.75 Å². The molecule has 96 valence electrons. The third kappa shape index (κ3) is 2.83. The van der Waals surface area contributed by atoms with Gasteiger partial charge in [-0.25, -0.2) is 4.79 Å². The van der Waals surface area contributed by atoms with E-state index in [1.54, 1.807) is 6.07 Å². The van der Waals surface area contributed by atoms with Crippen LogP contribution in [0.1, 0.15) is 0 Å². The number of amides is 1. The van der Waals surface area contributed by atoms with Crippen molar-refractivity contribution in [3.05, 3.63) is 52.7 Å². The number of non-ortho nitro benzene ring substituents is 1. The summed E-state index contributed by atoms with van der Waals surface area (Å²) in [5, 5.41) is 10.6. The molecule has 0 saturated carbocycles. The number of ether oxygens (including phenoxy) is 1. The van der Waals surface area contributed by atoms with Gasteiger partial charge in [-0.1, -0.05) is 0 Å². The monoisotopic (exact) mass is 259 g/mol. The number of benzene rings is 1. The van der Waals surface area contributed by atoms with Gasteiger partial charge in [-0.15, -0.1) is 0 Å². The predicted molar refractivity (Wildman–Crippen MR) is 66.5 cm³/mol. The molecule has 0 radical (unpaired) electrons. The molecule has 0 aliphatic carbocycles. The van der Waals surface area contributed by atoms with Crippen LogP contribution in [-0.4, -0.2) is 16.0 Å². The number of primary amides is 1. The molecule has 2 N–H and O–H groups in total. The van der Waals surface area contributed by atoms with Gasteiger partial charge in [0.2, 0.25) is 0 Å². The van der Waals surface area contributed by atoms with Crippen molar-refractivity contribution in [3.63, 3.8) is 0 Å². The van der Waals surface area contributed by atoms with E-state index in [9.17, 15) is 14.9 Å². The molecule has 7 heteroatoms. The summed E-state index contributed by atoms with van der Waals surface area (Å²) in [5.74, 6) is 0.198. The van der Waals surface area contributed by atoms with E-state index in [1.165, 1.54) is 36.5 Å². The van der Waals surface area contributed by atoms with Crippen molar-refractivity contribution in [1.29, 1.82) is 0 Å². The summed E-state index contributed by atoms with van der Waals surface area (Å²) in [5.41, 5.74) is 5.90. The molecule has 1 amide bonds. The number of carbonyl (C=O) groups excluding carboxylic acids is 1. The number of pyridine rings is 1. The molecule has 0 saturated heterocycles. The zero-order valence-corrected chi connectivity index (χ0v) is 9.65. The van der Waals surface area contributed by atoms with E-state index < -0.39 is 11.0 Å². The maximum atomic E-state index is 10.8. The number of rotatable bonds is 3. The van der Waals surface area contributed by atoms with Gasteiger partial charge < -0.3 is 10.5 Å². The molecule has 2 aromatic rings. The van der Waals surface area contributed by atoms with Gasteiger partial charge in [0, 0.05) is 23.9 Å². The Hall–Kier alpha value is -2.96. The lowest BCUT2D eigenvalue weighted by Gasteiger charge is -2.07. The fourth-order valence-corrected chi connectivity index (χ4v) is 1.54. The maximum Gasteiger partial charge on any atom is 0.410 e. The Morgan fingerprint density at radius 1 is 1.26 bits per heavy atom. The minimum absolute atomic E-state index is 0.0305. The quantitative estimate of drug-likeness (QED) is 0.670. The Morgan fingerprint density at radius 3 is 2.53 bits per heavy atom. The fourth-order valence-electron chi connectivity index (χ4n) is 1.54. The first-order chi connectivity index (χ1) is 9.08. The first-order valence-electron chi connectivity index (χ1n) is 5.25. The Bertz CT molecular complexity index is 625. The molecule has 0 fully saturated rings. The third-order valence-electron chi connectivity index (χ3n) is 2.33. The number of aromatic nitrogens is 1. The van der Waals surface area contributed by atoms with Crippen molar-refractivity contribution < 1.29 is 14.5 Å². The summed E-state index contributed by atoms with van der Waals surface area (Å²) in [6, 6.07) is 8.86. The number of nitro benzene ring substituents is 1. The van der Waals surface area contributed by atoms with Gasteiger partial charge >= 0.3 is 6.09 Å². The molecule has 0 unspecified atom stereocenters. The second kappa shape index (κ2) is 5.13. The van der Waals surface area contributed by atoms with E-state index in [0.717, 1.165) is 0 Å². The highest BCUT2D eigenvalue weighted by atomic mass is 16.6. The Labute approximate surface area is 107 Å². The highest BCUT2D eigenvalue weighted by Gasteiger charge is 2.11. The Kier molecular flexibility index (Phi) is 3.37. The van der Waals surface area contributed by atoms with Gasteiger partial charge in [-0.2, -0.15) is 0 Å². The average molecular weight is 259 g/mol. The summed E-state index contributed by atoms with van der Waals surface area (Å²) in [7, 11) is 0. The molecule has 0 spiro atoms. The van der Waals surface area contributed by atoms with Crippen LogP contribution in [0.15, 0.2) is 42.6 Å². The highest BCUT2D eigenvalue weighted by Crippen LogP contribution is 2.28. The maximum absolute atomic E-state index is 10.8. The van der Waals surface area contributed by atoms with Crippen LogP contribution in [0.5, 0.6) is 5.75 Å². The molecule has 1 heterocycles. The number of nitro groups is 1. The topological polar surface area (TPSA) is 108 Å². The predicted octanol–water partition coefficient (Wildman–Crippen LogP) is 2.11. The SMILES string of the molecule is NC(=O)Oc1cccnc1-c1ccc([N+](=O)[O-])cc1. The van der Waals surface area contributed by atoms with Crippen LogP contribution < -0.4 is 10.5 Å². The molecular weight excluding hydrogens is 250 g/mol. The van der Waals surface area contributed by atoms with Gasteiger partial charge in [0.25, 0.3) is 5.69 Å². The molecule has 0 aliphatic rings. The standard InChI is InChI=1S/C12H9N3O4/c13-12(16)19-10-2-1-7-14-11(10)8-3-5-9(6-4-8)15(17)18/h1-7H,(H2,13,16). The van der Waals surface area contributed by atoms with Crippen molar-refractivity contribution in [1.82, 2.24) is 4.98 Å². The molecule has 2 rings (SSSR count). The zero-order chi connectivity index (χ0) is 13.8. The van der Waals surface area contributed by atoms with E-state index in [2.05, 4.69) is 4.98 Å². The molecule has 1 aromatic carbocycles. The fraction of sp³-hybridized carbons (Fsp3) is 0. The smallest absolute Gasteiger partial charge is 0.408 e. The molecule has 0 bridgehead atoms. The molecular formula is C12H9N3O4. The lowest BCUT2D eigenvalue weighted by Crippen LogP contribution is -2.16. The van der Waals surface area contributed by atoms with Crippen molar-refractivity contribution in [2.45, 2.75) is 0 Å². The number of hydrogen-bond donors (Lipinski definition) is 1. The first kappa shape index (κ1) is 12.5. The Morgan fingerprint density at radius 2 is 1.95 bits per heavy atom. The normalized spacial score (nSPS) is 9.89. The third-order valence-corrected chi connectivity index (χ3v) is 2.33. The first-order valence-corrected chi connectivity index (χ1v) is 5.25. The average Bonchev–Trinajstić information content (AvgIpc) is 2.39. The zero-order valence-electron chi connectivity index (χ0n) is 9.65. The van der Waals surface area contributed by atoms with Crippen molar-refractivity contribution in [3.8, 4) is 17.0 Å². The summed E-state index contributed by atoms with van der Waals surface area (Å²) in [6.45, 7) is 0. The van der Waals surface area contributed by atoms with Crippen molar-refractivity contribution >= 4 is 11.8 Å². The minimum atomic E-state index is -0.948. The minimum Gasteiger partial charge on any atom is -0.408 e. The van der Waals surface area contributed by atoms with Crippen LogP contribution in [0.2, 0.25) is 0 Å². The largest absolute Gasteiger partial charge is 0.410 e. The van der Waals surface area contributed by atoms with Gasteiger partial charge in [-0.05, 0) is 24.3 Å². The number of nitrogens with two attached hydrogens (primary N) is 1. The van der Waals surface area contributed by atoms with E-state index >= 15 is 0 Å². The summed E-state index contributed by atoms with van der Waals surface area (Å²) in [4.78, 5) is 24.9. The molecule has 1 aromatic heterocycles. The summed E-state index contributed by atoms with van der Waals surface area (Å²) < 4.78 is 4.82. The number of nitrogens with zero attached hydrogens (tertiary/aromatic N) is 2. The van der Waals surface area contributed by atoms with Crippen molar-refractivity contribution in [2.75, 3.05) is 0 Å². The Balaban J connectivity index is 2.41. The molecule has 0 atom stereocenters. The lowest BCUT2D eigenvalue weighted by molar-refractivity contribution is -0.384. The number of hydrogen-bond acceptors (Lipinski definition) is 5. The molecule has 0 aliphatic heterocycles. The van der Waals surface area contributed by atoms with E-state index in [4.69, 9.17) is 10.5 Å². The van der Waals surface area contributed by atoms with Crippen LogP contribution in [0.4, 0.5) is 10.5 Å². The van der Waals surface area contributed by atoms with Crippen LogP contribution >= 0.6 is 0 Å². The van der Waals surface area contributed by atoms with Gasteiger partial charge in [0.05, 0.1) is 4.92 Å². The van der Waals surface area contributed by atoms with E-state index in [1.807, 2.05) is 0 Å². The number of carbonyl (C=O) groups is 1. The molecule has 7 nitrogen and oxygen atoms in total. The highest BCUT2D eigenvalue weighted by molar-refractivity contribution is 5.74. The second-order valence-electron chi connectivity index (χ2n) is 3.58. The van der Waals surface area contributed by atoms with Gasteiger partial charge in [-0.3, -0.25) is 15.1 Å². The van der Waals surface area contributed by atoms with Crippen molar-refractivity contribution in [2.24, 2.45) is 5.73 Å². The summed E-state index contributed by atoms with van der Waals surface area (Å²) >= 11 is 0. The lowest BCUT2D eigenvalue weighted by atomic mass is 10.1. The van der Waals surface area contributed by atoms with E-state index in [0.29, 0.717) is 11.3 Å². The van der Waals surface area contributed by atoms with Crippen LogP contribution in [0.3, 0.4) is 0 Å². The summed E-state index contributed by atoms with van der Waals surface area (Å²) in [6.07, 6.45) is 0.570. The van der Waals surface area contributed by atoms with Gasteiger partial charge in [0.1, 0.15) is 5.69 Å². The second-order valence-corrected chi connectivity index (χ2v) is 3.58. The van der Waals surface area contributed by atoms with Crippen LogP contribution in [0, 0.1) is 10.1 Å².